The molecule has 0 nitrogen and oxygen atoms in total. The third-order valence-electron chi connectivity index (χ3n) is 3.78. The molecular formula is C16H26F2Ge2Zr. The summed E-state index contributed by atoms with van der Waals surface area (Å²) in [6, 6.07) is 0. The Morgan fingerprint density at radius 2 is 1.05 bits per heavy atom. The van der Waals surface area contributed by atoms with Crippen molar-refractivity contribution < 1.29 is 32.6 Å². The van der Waals surface area contributed by atoms with Gasteiger partial charge in [0.15, 0.2) is 0 Å². The SMILES string of the molecule is [CH3][Ge]([CH3])([CH3])[C]1=[C]([Zr+2][C]2=[C]([Ge]([CH3])([CH3])[CH3])C=CC2)CC=C1.[F-].[F-]. The molecule has 116 valence electrons. The fourth-order valence-corrected chi connectivity index (χ4v) is 23.8. The van der Waals surface area contributed by atoms with Crippen molar-refractivity contribution in [1.29, 1.82) is 0 Å². The third kappa shape index (κ3) is 5.42. The van der Waals surface area contributed by atoms with Gasteiger partial charge < -0.3 is 9.41 Å². The predicted octanol–water partition coefficient (Wildman–Crippen LogP) is -0.740. The van der Waals surface area contributed by atoms with Crippen molar-refractivity contribution in [2.75, 3.05) is 0 Å². The molecule has 0 aromatic carbocycles. The molecule has 5 heteroatoms. The minimum atomic E-state index is -1.63. The average molecular weight is 493 g/mol. The van der Waals surface area contributed by atoms with Gasteiger partial charge in [0.05, 0.1) is 0 Å². The van der Waals surface area contributed by atoms with Crippen LogP contribution in [0.1, 0.15) is 12.8 Å². The van der Waals surface area contributed by atoms with Crippen LogP contribution in [0.15, 0.2) is 39.7 Å². The minimum absolute atomic E-state index is 0. The van der Waals surface area contributed by atoms with Gasteiger partial charge in [0.1, 0.15) is 0 Å². The molecule has 21 heavy (non-hydrogen) atoms. The van der Waals surface area contributed by atoms with E-state index in [0.717, 1.165) is 0 Å². The topological polar surface area (TPSA) is 0 Å². The van der Waals surface area contributed by atoms with Gasteiger partial charge in [-0.3, -0.25) is 0 Å². The Kier molecular flexibility index (Phi) is 8.36. The maximum absolute atomic E-state index is 2.55. The first-order chi connectivity index (χ1) is 8.69. The molecule has 0 radical (unpaired) electrons. The second-order valence-corrected chi connectivity index (χ2v) is 32.3. The van der Waals surface area contributed by atoms with Gasteiger partial charge in [0.25, 0.3) is 0 Å². The quantitative estimate of drug-likeness (QED) is 0.454. The van der Waals surface area contributed by atoms with Crippen LogP contribution in [0.25, 0.3) is 0 Å². The zero-order chi connectivity index (χ0) is 14.3. The van der Waals surface area contributed by atoms with E-state index in [4.69, 9.17) is 0 Å². The molecule has 0 atom stereocenters. The largest absolute Gasteiger partial charge is 1.00 e. The van der Waals surface area contributed by atoms with E-state index in [2.05, 4.69) is 58.8 Å². The standard InChI is InChI=1S/2C8H13Ge.2FH.Zr/c2*1-9(2,3)8-6-4-5-7-8;;;/h2*4,6H,5H2,1-3H3;2*1H;/q;;;;+2/p-2. The van der Waals surface area contributed by atoms with Gasteiger partial charge in [-0.2, -0.15) is 0 Å². The molecule has 0 fully saturated rings. The molecule has 2 aliphatic rings. The number of rotatable bonds is 4. The molecule has 0 aromatic rings. The summed E-state index contributed by atoms with van der Waals surface area (Å²) in [6.45, 7) is 0. The van der Waals surface area contributed by atoms with Gasteiger partial charge in [0.2, 0.25) is 0 Å². The molecule has 2 aliphatic carbocycles. The first kappa shape index (κ1) is 21.8. The molecule has 0 saturated heterocycles. The summed E-state index contributed by atoms with van der Waals surface area (Å²) in [5.41, 5.74) is 0. The molecule has 0 N–H and O–H groups in total. The Morgan fingerprint density at radius 3 is 1.33 bits per heavy atom. The fraction of sp³-hybridized carbons (Fsp3) is 0.500. The van der Waals surface area contributed by atoms with Gasteiger partial charge in [-0.25, -0.2) is 0 Å². The first-order valence-electron chi connectivity index (χ1n) is 7.27. The summed E-state index contributed by atoms with van der Waals surface area (Å²) in [5, 5.41) is 0. The molecule has 0 bridgehead atoms. The van der Waals surface area contributed by atoms with Crippen LogP contribution in [-0.2, 0) is 23.2 Å². The molecule has 0 aromatic heterocycles. The Bertz CT molecular complexity index is 457. The van der Waals surface area contributed by atoms with Gasteiger partial charge in [-0.15, -0.1) is 0 Å². The van der Waals surface area contributed by atoms with E-state index in [-0.39, 0.29) is 9.41 Å². The van der Waals surface area contributed by atoms with Crippen LogP contribution >= 0.6 is 0 Å². The van der Waals surface area contributed by atoms with Crippen LogP contribution in [0.4, 0.5) is 0 Å². The van der Waals surface area contributed by atoms with Crippen molar-refractivity contribution >= 4 is 26.5 Å². The fourth-order valence-electron chi connectivity index (χ4n) is 2.83. The van der Waals surface area contributed by atoms with Crippen LogP contribution in [0.2, 0.25) is 34.5 Å². The Morgan fingerprint density at radius 1 is 0.714 bits per heavy atom. The van der Waals surface area contributed by atoms with E-state index >= 15 is 0 Å². The van der Waals surface area contributed by atoms with E-state index < -0.39 is 49.8 Å². The van der Waals surface area contributed by atoms with E-state index in [0.29, 0.717) is 0 Å². The number of allylic oxidation sites excluding steroid dienone is 8. The predicted molar refractivity (Wildman–Crippen MR) is 88.3 cm³/mol. The van der Waals surface area contributed by atoms with Crippen molar-refractivity contribution in [1.82, 2.24) is 0 Å². The minimum Gasteiger partial charge on any atom is -1.00 e. The maximum atomic E-state index is 2.55. The molecule has 0 spiro atoms. The van der Waals surface area contributed by atoms with Gasteiger partial charge >= 0.3 is 137 Å². The van der Waals surface area contributed by atoms with Crippen LogP contribution in [0.3, 0.4) is 0 Å². The molecular weight excluding hydrogens is 467 g/mol. The molecule has 0 saturated carbocycles. The van der Waals surface area contributed by atoms with E-state index in [1.54, 1.807) is 0 Å². The Balaban J connectivity index is 0.00000200. The van der Waals surface area contributed by atoms with Crippen LogP contribution in [0.5, 0.6) is 0 Å². The summed E-state index contributed by atoms with van der Waals surface area (Å²) in [5.74, 6) is 15.3. The number of hydrogen-bond donors (Lipinski definition) is 0. The first-order valence-corrected chi connectivity index (χ1v) is 24.4. The van der Waals surface area contributed by atoms with E-state index in [1.807, 2.05) is 15.4 Å². The maximum Gasteiger partial charge on any atom is -1.00 e. The normalized spacial score (nSPS) is 17.8. The van der Waals surface area contributed by atoms with Gasteiger partial charge in [0, 0.05) is 0 Å². The van der Waals surface area contributed by atoms with Crippen molar-refractivity contribution in [2.45, 2.75) is 47.4 Å². The van der Waals surface area contributed by atoms with E-state index in [1.165, 1.54) is 12.8 Å². The molecule has 0 heterocycles. The molecule has 0 amide bonds. The van der Waals surface area contributed by atoms with Crippen LogP contribution in [-0.4, -0.2) is 26.5 Å². The van der Waals surface area contributed by atoms with Crippen molar-refractivity contribution in [2.24, 2.45) is 0 Å². The van der Waals surface area contributed by atoms with Gasteiger partial charge in [-0.1, -0.05) is 0 Å². The number of halogens is 2. The Hall–Kier alpha value is 0.789. The van der Waals surface area contributed by atoms with Crippen molar-refractivity contribution in [3.63, 3.8) is 0 Å². The van der Waals surface area contributed by atoms with Gasteiger partial charge in [-0.05, 0) is 0 Å². The average Bonchev–Trinajstić information content (AvgIpc) is 2.83. The summed E-state index contributed by atoms with van der Waals surface area (Å²) >= 11 is -3.74. The third-order valence-corrected chi connectivity index (χ3v) is 18.9. The van der Waals surface area contributed by atoms with Crippen molar-refractivity contribution in [3.05, 3.63) is 39.7 Å². The molecule has 2 rings (SSSR count). The number of hydrogen-bond acceptors (Lipinski definition) is 0. The molecule has 0 aliphatic heterocycles. The summed E-state index contributed by atoms with van der Waals surface area (Å²) in [6.07, 6.45) is 12.4. The smallest absolute Gasteiger partial charge is 1.00 e. The second kappa shape index (κ2) is 8.06. The molecule has 0 unspecified atom stereocenters. The summed E-state index contributed by atoms with van der Waals surface area (Å²) in [4.78, 5) is 0. The second-order valence-electron chi connectivity index (χ2n) is 7.62. The van der Waals surface area contributed by atoms with Crippen LogP contribution in [0, 0.1) is 0 Å². The monoisotopic (exact) mass is 494 g/mol. The Labute approximate surface area is 145 Å². The summed E-state index contributed by atoms with van der Waals surface area (Å²) < 4.78 is 7.51. The summed E-state index contributed by atoms with van der Waals surface area (Å²) in [7, 11) is 0. The van der Waals surface area contributed by atoms with Crippen molar-refractivity contribution in [3.8, 4) is 0 Å². The van der Waals surface area contributed by atoms with E-state index in [9.17, 15) is 0 Å². The zero-order valence-electron chi connectivity index (χ0n) is 14.0. The van der Waals surface area contributed by atoms with Crippen LogP contribution < -0.4 is 9.41 Å². The zero-order valence-corrected chi connectivity index (χ0v) is 20.6.